The average Bonchev–Trinajstić information content (AvgIpc) is 2.85. The molecule has 0 bridgehead atoms. The molecule has 0 saturated carbocycles. The summed E-state index contributed by atoms with van der Waals surface area (Å²) in [5.41, 5.74) is 1.91. The summed E-state index contributed by atoms with van der Waals surface area (Å²) in [6, 6.07) is 7.12. The number of nitrogens with zero attached hydrogens (tertiary/aromatic N) is 1. The van der Waals surface area contributed by atoms with Crippen molar-refractivity contribution >= 4 is 23.2 Å². The zero-order valence-corrected chi connectivity index (χ0v) is 11.0. The van der Waals surface area contributed by atoms with Gasteiger partial charge < -0.3 is 9.84 Å². The van der Waals surface area contributed by atoms with Crippen LogP contribution in [0.1, 0.15) is 34.7 Å². The minimum atomic E-state index is -0.264. The number of halogens is 1. The zero-order chi connectivity index (χ0) is 13.2. The highest BCUT2D eigenvalue weighted by Gasteiger charge is 2.24. The first-order chi connectivity index (χ1) is 9.25. The molecule has 5 heteroatoms. The Morgan fingerprint density at radius 3 is 2.89 bits per heavy atom. The molecule has 0 fully saturated rings. The van der Waals surface area contributed by atoms with Crippen molar-refractivity contribution in [3.05, 3.63) is 46.3 Å². The number of amides is 1. The molecule has 1 aromatic carbocycles. The minimum Gasteiger partial charge on any atom is -0.360 e. The van der Waals surface area contributed by atoms with Crippen molar-refractivity contribution in [2.24, 2.45) is 0 Å². The summed E-state index contributed by atoms with van der Waals surface area (Å²) in [7, 11) is 0. The van der Waals surface area contributed by atoms with Gasteiger partial charge in [-0.25, -0.2) is 0 Å². The Balaban J connectivity index is 1.85. The van der Waals surface area contributed by atoms with Gasteiger partial charge in [-0.1, -0.05) is 28.9 Å². The van der Waals surface area contributed by atoms with Crippen LogP contribution in [0.5, 0.6) is 0 Å². The maximum absolute atomic E-state index is 12.2. The Hall–Kier alpha value is -1.81. The van der Waals surface area contributed by atoms with Crippen LogP contribution in [-0.2, 0) is 12.8 Å². The summed E-state index contributed by atoms with van der Waals surface area (Å²) in [5, 5.41) is 7.17. The van der Waals surface area contributed by atoms with Crippen molar-refractivity contribution in [1.82, 2.24) is 5.16 Å². The molecule has 0 spiro atoms. The number of aryl methyl sites for hydroxylation is 1. The predicted molar refractivity (Wildman–Crippen MR) is 72.6 cm³/mol. The van der Waals surface area contributed by atoms with Gasteiger partial charge in [0.2, 0.25) is 0 Å². The van der Waals surface area contributed by atoms with Crippen LogP contribution in [0, 0.1) is 0 Å². The number of rotatable bonds is 2. The lowest BCUT2D eigenvalue weighted by Gasteiger charge is -2.09. The molecule has 19 heavy (non-hydrogen) atoms. The molecule has 0 aliphatic heterocycles. The first-order valence-corrected chi connectivity index (χ1v) is 6.67. The van der Waals surface area contributed by atoms with Crippen LogP contribution >= 0.6 is 11.6 Å². The van der Waals surface area contributed by atoms with Gasteiger partial charge in [0, 0.05) is 12.0 Å². The SMILES string of the molecule is O=C(Nc1ccccc1Cl)c1noc2c1CCCC2. The molecule has 0 saturated heterocycles. The molecule has 0 radical (unpaired) electrons. The van der Waals surface area contributed by atoms with Crippen LogP contribution in [0.3, 0.4) is 0 Å². The second-order valence-electron chi connectivity index (χ2n) is 4.57. The molecular weight excluding hydrogens is 264 g/mol. The van der Waals surface area contributed by atoms with Crippen molar-refractivity contribution in [2.75, 3.05) is 5.32 Å². The Morgan fingerprint density at radius 2 is 2.05 bits per heavy atom. The smallest absolute Gasteiger partial charge is 0.278 e. The van der Waals surface area contributed by atoms with Crippen molar-refractivity contribution in [3.8, 4) is 0 Å². The Kier molecular flexibility index (Phi) is 3.25. The Morgan fingerprint density at radius 1 is 1.26 bits per heavy atom. The van der Waals surface area contributed by atoms with Crippen LogP contribution < -0.4 is 5.32 Å². The van der Waals surface area contributed by atoms with E-state index in [1.54, 1.807) is 12.1 Å². The zero-order valence-electron chi connectivity index (χ0n) is 10.3. The molecule has 1 N–H and O–H groups in total. The molecule has 0 unspecified atom stereocenters. The number of carbonyl (C=O) groups excluding carboxylic acids is 1. The van der Waals surface area contributed by atoms with E-state index >= 15 is 0 Å². The fourth-order valence-corrected chi connectivity index (χ4v) is 2.49. The monoisotopic (exact) mass is 276 g/mol. The van der Waals surface area contributed by atoms with Gasteiger partial charge in [0.05, 0.1) is 10.7 Å². The summed E-state index contributed by atoms with van der Waals surface area (Å²) in [4.78, 5) is 12.2. The molecule has 1 aliphatic rings. The number of hydrogen-bond acceptors (Lipinski definition) is 3. The number of carbonyl (C=O) groups is 1. The maximum Gasteiger partial charge on any atom is 0.278 e. The van der Waals surface area contributed by atoms with Crippen molar-refractivity contribution < 1.29 is 9.32 Å². The van der Waals surface area contributed by atoms with Crippen molar-refractivity contribution in [1.29, 1.82) is 0 Å². The third kappa shape index (κ3) is 2.36. The summed E-state index contributed by atoms with van der Waals surface area (Å²) in [6.45, 7) is 0. The van der Waals surface area contributed by atoms with Crippen LogP contribution in [0.15, 0.2) is 28.8 Å². The lowest BCUT2D eigenvalue weighted by Crippen LogP contribution is -2.15. The molecule has 1 heterocycles. The van der Waals surface area contributed by atoms with Gasteiger partial charge in [-0.15, -0.1) is 0 Å². The van der Waals surface area contributed by atoms with Crippen molar-refractivity contribution in [2.45, 2.75) is 25.7 Å². The van der Waals surface area contributed by atoms with E-state index in [0.717, 1.165) is 37.0 Å². The van der Waals surface area contributed by atoms with Gasteiger partial charge in [-0.3, -0.25) is 4.79 Å². The van der Waals surface area contributed by atoms with E-state index in [1.165, 1.54) is 0 Å². The summed E-state index contributed by atoms with van der Waals surface area (Å²) in [5.74, 6) is 0.579. The van der Waals surface area contributed by atoms with Crippen molar-refractivity contribution in [3.63, 3.8) is 0 Å². The molecule has 0 atom stereocenters. The predicted octanol–water partition coefficient (Wildman–Crippen LogP) is 3.46. The highest BCUT2D eigenvalue weighted by molar-refractivity contribution is 6.33. The van der Waals surface area contributed by atoms with Crippen LogP contribution in [0.4, 0.5) is 5.69 Å². The van der Waals surface area contributed by atoms with Gasteiger partial charge >= 0.3 is 0 Å². The van der Waals surface area contributed by atoms with Gasteiger partial charge in [0.15, 0.2) is 5.69 Å². The standard InChI is InChI=1S/C14H13ClN2O2/c15-10-6-2-3-7-11(10)16-14(18)13-9-5-1-4-8-12(9)19-17-13/h2-3,6-7H,1,4-5,8H2,(H,16,18). The number of hydrogen-bond donors (Lipinski definition) is 1. The molecule has 98 valence electrons. The number of nitrogens with one attached hydrogen (secondary N) is 1. The van der Waals surface area contributed by atoms with E-state index in [0.29, 0.717) is 16.4 Å². The summed E-state index contributed by atoms with van der Waals surface area (Å²) >= 11 is 6.01. The first-order valence-electron chi connectivity index (χ1n) is 6.29. The molecule has 3 rings (SSSR count). The molecule has 1 amide bonds. The van der Waals surface area contributed by atoms with E-state index in [1.807, 2.05) is 12.1 Å². The Bertz CT molecular complexity index is 622. The van der Waals surface area contributed by atoms with E-state index in [-0.39, 0.29) is 5.91 Å². The average molecular weight is 277 g/mol. The third-order valence-corrected chi connectivity index (χ3v) is 3.62. The van der Waals surface area contributed by atoms with Crippen LogP contribution in [0.2, 0.25) is 5.02 Å². The number of aromatic nitrogens is 1. The van der Waals surface area contributed by atoms with E-state index in [2.05, 4.69) is 10.5 Å². The number of para-hydroxylation sites is 1. The van der Waals surface area contributed by atoms with Gasteiger partial charge in [0.1, 0.15) is 5.76 Å². The molecular formula is C14H13ClN2O2. The lowest BCUT2D eigenvalue weighted by molar-refractivity contribution is 0.101. The number of anilines is 1. The Labute approximate surface area is 115 Å². The highest BCUT2D eigenvalue weighted by atomic mass is 35.5. The van der Waals surface area contributed by atoms with E-state index in [4.69, 9.17) is 16.1 Å². The van der Waals surface area contributed by atoms with E-state index in [9.17, 15) is 4.79 Å². The molecule has 1 aliphatic carbocycles. The summed E-state index contributed by atoms with van der Waals surface area (Å²) in [6.07, 6.45) is 3.88. The summed E-state index contributed by atoms with van der Waals surface area (Å²) < 4.78 is 5.23. The molecule has 1 aromatic heterocycles. The second-order valence-corrected chi connectivity index (χ2v) is 4.98. The lowest BCUT2D eigenvalue weighted by atomic mass is 9.96. The number of fused-ring (bicyclic) bond motifs is 1. The van der Waals surface area contributed by atoms with Crippen LogP contribution in [-0.4, -0.2) is 11.1 Å². The number of benzene rings is 1. The van der Waals surface area contributed by atoms with Gasteiger partial charge in [-0.05, 0) is 31.4 Å². The van der Waals surface area contributed by atoms with E-state index < -0.39 is 0 Å². The highest BCUT2D eigenvalue weighted by Crippen LogP contribution is 2.26. The minimum absolute atomic E-state index is 0.264. The second kappa shape index (κ2) is 5.05. The van der Waals surface area contributed by atoms with Gasteiger partial charge in [-0.2, -0.15) is 0 Å². The third-order valence-electron chi connectivity index (χ3n) is 3.29. The first kappa shape index (κ1) is 12.2. The molecule has 4 nitrogen and oxygen atoms in total. The quantitative estimate of drug-likeness (QED) is 0.914. The largest absolute Gasteiger partial charge is 0.360 e. The normalized spacial score (nSPS) is 13.9. The topological polar surface area (TPSA) is 55.1 Å². The van der Waals surface area contributed by atoms with Gasteiger partial charge in [0.25, 0.3) is 5.91 Å². The van der Waals surface area contributed by atoms with Crippen LogP contribution in [0.25, 0.3) is 0 Å². The molecule has 2 aromatic rings. The fourth-order valence-electron chi connectivity index (χ4n) is 2.31. The maximum atomic E-state index is 12.2. The fraction of sp³-hybridized carbons (Fsp3) is 0.286.